The molecule has 2 aliphatic heterocycles. The Bertz CT molecular complexity index is 1260. The van der Waals surface area contributed by atoms with Crippen molar-refractivity contribution >= 4 is 15.8 Å². The number of carbonyl (C=O) groups is 1. The van der Waals surface area contributed by atoms with Crippen molar-refractivity contribution in [2.75, 3.05) is 45.0 Å². The largest absolute Gasteiger partial charge is 0.481 e. The Morgan fingerprint density at radius 3 is 2.31 bits per heavy atom. The van der Waals surface area contributed by atoms with E-state index in [0.717, 1.165) is 70.4 Å². The zero-order chi connectivity index (χ0) is 27.6. The second kappa shape index (κ2) is 11.6. The van der Waals surface area contributed by atoms with Crippen molar-refractivity contribution in [3.8, 4) is 0 Å². The van der Waals surface area contributed by atoms with E-state index in [9.17, 15) is 27.1 Å². The third kappa shape index (κ3) is 6.52. The first kappa shape index (κ1) is 28.2. The molecule has 5 rings (SSSR count). The Balaban J connectivity index is 1.17. The number of halogens is 2. The molecule has 2 heterocycles. The van der Waals surface area contributed by atoms with Crippen LogP contribution in [0, 0.1) is 28.9 Å². The highest BCUT2D eigenvalue weighted by molar-refractivity contribution is 7.91. The van der Waals surface area contributed by atoms with Crippen molar-refractivity contribution in [3.63, 3.8) is 0 Å². The number of likely N-dealkylation sites (tertiary alicyclic amines) is 2. The molecule has 39 heavy (non-hydrogen) atoms. The van der Waals surface area contributed by atoms with Crippen LogP contribution in [0.2, 0.25) is 0 Å². The van der Waals surface area contributed by atoms with E-state index in [1.54, 1.807) is 12.1 Å². The lowest BCUT2D eigenvalue weighted by Gasteiger charge is -2.40. The fraction of sp³-hybridized carbons (Fsp3) is 0.567. The average Bonchev–Trinajstić information content (AvgIpc) is 3.28. The van der Waals surface area contributed by atoms with Gasteiger partial charge in [-0.15, -0.1) is 0 Å². The number of hydrogen-bond donors (Lipinski definition) is 1. The van der Waals surface area contributed by atoms with Gasteiger partial charge in [0.15, 0.2) is 9.84 Å². The molecule has 0 amide bonds. The molecule has 1 saturated carbocycles. The minimum absolute atomic E-state index is 0.0633. The number of nitrogens with zero attached hydrogens (tertiary/aromatic N) is 2. The molecule has 0 spiro atoms. The highest BCUT2D eigenvalue weighted by Crippen LogP contribution is 2.44. The van der Waals surface area contributed by atoms with E-state index >= 15 is 0 Å². The number of carboxylic acid groups (broad SMARTS) is 1. The first-order chi connectivity index (χ1) is 18.6. The third-order valence-corrected chi connectivity index (χ3v) is 11.0. The maximum absolute atomic E-state index is 14.1. The van der Waals surface area contributed by atoms with Gasteiger partial charge in [-0.05, 0) is 99.0 Å². The van der Waals surface area contributed by atoms with E-state index in [-0.39, 0.29) is 28.3 Å². The van der Waals surface area contributed by atoms with Gasteiger partial charge in [-0.25, -0.2) is 17.2 Å². The first-order valence-electron chi connectivity index (χ1n) is 14.1. The first-order valence-corrected chi connectivity index (χ1v) is 15.7. The molecule has 2 aromatic carbocycles. The average molecular weight is 561 g/mol. The Kier molecular flexibility index (Phi) is 8.40. The van der Waals surface area contributed by atoms with E-state index in [1.165, 1.54) is 30.3 Å². The van der Waals surface area contributed by atoms with Gasteiger partial charge in [0.25, 0.3) is 0 Å². The van der Waals surface area contributed by atoms with Gasteiger partial charge >= 0.3 is 5.97 Å². The van der Waals surface area contributed by atoms with Crippen LogP contribution in [0.15, 0.2) is 53.4 Å². The van der Waals surface area contributed by atoms with Crippen LogP contribution in [0.1, 0.15) is 50.0 Å². The molecule has 212 valence electrons. The van der Waals surface area contributed by atoms with E-state index in [0.29, 0.717) is 18.9 Å². The number of aliphatic carboxylic acids is 1. The summed E-state index contributed by atoms with van der Waals surface area (Å²) in [7, 11) is -3.43. The summed E-state index contributed by atoms with van der Waals surface area (Å²) in [4.78, 5) is 16.9. The van der Waals surface area contributed by atoms with Gasteiger partial charge in [0.05, 0.1) is 16.1 Å². The SMILES string of the molecule is O=C(O)C1(CN2C[C@H](CN3CCC(CCS(=O)(=O)c4ccc(F)cc4)CC3)[C@@H](c3cccc(F)c3)C2)CCC1. The predicted octanol–water partition coefficient (Wildman–Crippen LogP) is 4.81. The molecular weight excluding hydrogens is 522 g/mol. The quantitative estimate of drug-likeness (QED) is 0.421. The lowest BCUT2D eigenvalue weighted by Crippen LogP contribution is -2.47. The van der Waals surface area contributed by atoms with Crippen LogP contribution in [0.25, 0.3) is 0 Å². The number of benzene rings is 2. The van der Waals surface area contributed by atoms with Crippen molar-refractivity contribution in [1.29, 1.82) is 0 Å². The van der Waals surface area contributed by atoms with Crippen molar-refractivity contribution in [2.45, 2.75) is 49.3 Å². The van der Waals surface area contributed by atoms with Crippen LogP contribution < -0.4 is 0 Å². The second-order valence-electron chi connectivity index (χ2n) is 11.9. The molecule has 2 atom stereocenters. The molecule has 1 aliphatic carbocycles. The normalized spacial score (nSPS) is 24.5. The van der Waals surface area contributed by atoms with Gasteiger partial charge < -0.3 is 14.9 Å². The maximum Gasteiger partial charge on any atom is 0.310 e. The summed E-state index contributed by atoms with van der Waals surface area (Å²) in [6, 6.07) is 11.8. The zero-order valence-corrected chi connectivity index (χ0v) is 23.1. The Hall–Kier alpha value is -2.36. The predicted molar refractivity (Wildman–Crippen MR) is 145 cm³/mol. The Labute approximate surface area is 229 Å². The molecule has 9 heteroatoms. The molecule has 0 radical (unpaired) electrons. The van der Waals surface area contributed by atoms with E-state index in [1.807, 2.05) is 6.07 Å². The molecule has 2 saturated heterocycles. The molecular formula is C30H38F2N2O4S. The van der Waals surface area contributed by atoms with Gasteiger partial charge in [-0.3, -0.25) is 4.79 Å². The van der Waals surface area contributed by atoms with Gasteiger partial charge in [0.1, 0.15) is 11.6 Å². The lowest BCUT2D eigenvalue weighted by molar-refractivity contribution is -0.156. The van der Waals surface area contributed by atoms with Crippen molar-refractivity contribution in [1.82, 2.24) is 9.80 Å². The maximum atomic E-state index is 14.1. The van der Waals surface area contributed by atoms with Crippen molar-refractivity contribution in [2.24, 2.45) is 17.3 Å². The molecule has 0 aromatic heterocycles. The summed E-state index contributed by atoms with van der Waals surface area (Å²) in [6.07, 6.45) is 4.83. The second-order valence-corrected chi connectivity index (χ2v) is 14.0. The number of hydrogen-bond acceptors (Lipinski definition) is 5. The fourth-order valence-corrected chi connectivity index (χ4v) is 8.16. The lowest BCUT2D eigenvalue weighted by atomic mass is 9.68. The summed E-state index contributed by atoms with van der Waals surface area (Å²) < 4.78 is 52.6. The fourth-order valence-electron chi connectivity index (χ4n) is 6.73. The van der Waals surface area contributed by atoms with E-state index < -0.39 is 27.0 Å². The third-order valence-electron chi connectivity index (χ3n) is 9.25. The molecule has 0 bridgehead atoms. The van der Waals surface area contributed by atoms with Crippen LogP contribution in [0.3, 0.4) is 0 Å². The molecule has 1 N–H and O–H groups in total. The van der Waals surface area contributed by atoms with Gasteiger partial charge in [0.2, 0.25) is 0 Å². The summed E-state index contributed by atoms with van der Waals surface area (Å²) in [5.74, 6) is -0.600. The molecule has 2 aromatic rings. The topological polar surface area (TPSA) is 77.9 Å². The highest BCUT2D eigenvalue weighted by Gasteiger charge is 2.47. The van der Waals surface area contributed by atoms with Crippen LogP contribution in [0.4, 0.5) is 8.78 Å². The van der Waals surface area contributed by atoms with Crippen molar-refractivity contribution < 1.29 is 27.1 Å². The van der Waals surface area contributed by atoms with Crippen LogP contribution in [-0.4, -0.2) is 74.3 Å². The number of rotatable bonds is 10. The summed E-state index contributed by atoms with van der Waals surface area (Å²) >= 11 is 0. The van der Waals surface area contributed by atoms with Crippen LogP contribution >= 0.6 is 0 Å². The summed E-state index contributed by atoms with van der Waals surface area (Å²) in [5, 5.41) is 9.85. The monoisotopic (exact) mass is 560 g/mol. The molecule has 0 unspecified atom stereocenters. The molecule has 3 aliphatic rings. The number of piperidine rings is 1. The van der Waals surface area contributed by atoms with Gasteiger partial charge in [-0.2, -0.15) is 0 Å². The standard InChI is InChI=1S/C30H38F2N2O4S/c31-25-5-7-27(8-6-25)39(37,38)16-11-22-9-14-33(15-10-22)18-24-19-34(21-30(29(35)36)12-2-13-30)20-28(24)23-3-1-4-26(32)17-23/h1,3-8,17,22,24,28H,2,9-16,18-21H2,(H,35,36)/t24-,28+/m0/s1. The number of sulfone groups is 1. The number of carboxylic acids is 1. The Morgan fingerprint density at radius 1 is 0.974 bits per heavy atom. The minimum Gasteiger partial charge on any atom is -0.481 e. The van der Waals surface area contributed by atoms with E-state index in [2.05, 4.69) is 9.80 Å². The van der Waals surface area contributed by atoms with Gasteiger partial charge in [-0.1, -0.05) is 18.6 Å². The Morgan fingerprint density at radius 2 is 1.69 bits per heavy atom. The van der Waals surface area contributed by atoms with Gasteiger partial charge in [0, 0.05) is 32.1 Å². The zero-order valence-electron chi connectivity index (χ0n) is 22.3. The summed E-state index contributed by atoms with van der Waals surface area (Å²) in [6.45, 7) is 4.71. The van der Waals surface area contributed by atoms with Crippen LogP contribution in [-0.2, 0) is 14.6 Å². The van der Waals surface area contributed by atoms with Crippen LogP contribution in [0.5, 0.6) is 0 Å². The molecule has 6 nitrogen and oxygen atoms in total. The smallest absolute Gasteiger partial charge is 0.310 e. The minimum atomic E-state index is -3.43. The molecule has 3 fully saturated rings. The highest BCUT2D eigenvalue weighted by atomic mass is 32.2. The van der Waals surface area contributed by atoms with Crippen molar-refractivity contribution in [3.05, 3.63) is 65.7 Å². The summed E-state index contributed by atoms with van der Waals surface area (Å²) in [5.41, 5.74) is 0.329. The van der Waals surface area contributed by atoms with E-state index in [4.69, 9.17) is 0 Å².